The lowest BCUT2D eigenvalue weighted by Crippen LogP contribution is -2.14. The maximum atomic E-state index is 11.9. The number of benzene rings is 1. The molecule has 0 fully saturated rings. The number of aliphatic imine (C=N–C) groups is 1. The van der Waals surface area contributed by atoms with Crippen LogP contribution in [0.2, 0.25) is 0 Å². The van der Waals surface area contributed by atoms with E-state index in [1.165, 1.54) is 17.3 Å². The number of hydrogen-bond acceptors (Lipinski definition) is 5. The summed E-state index contributed by atoms with van der Waals surface area (Å²) in [6.45, 7) is 0. The van der Waals surface area contributed by atoms with Crippen molar-refractivity contribution in [2.75, 3.05) is 7.11 Å². The SMILES string of the molecule is COc1ccc2c(c1)C(c1nc(C3C=CC=NC3=O)no1)CCC2. The average Bonchev–Trinajstić information content (AvgIpc) is 3.10. The summed E-state index contributed by atoms with van der Waals surface area (Å²) in [7, 11) is 1.66. The van der Waals surface area contributed by atoms with Gasteiger partial charge in [0.1, 0.15) is 11.7 Å². The maximum Gasteiger partial charge on any atom is 0.260 e. The van der Waals surface area contributed by atoms with Gasteiger partial charge in [0.2, 0.25) is 5.89 Å². The molecule has 1 aromatic carbocycles. The quantitative estimate of drug-likeness (QED) is 0.868. The van der Waals surface area contributed by atoms with Crippen LogP contribution in [0, 0.1) is 0 Å². The molecule has 1 aromatic heterocycles. The Morgan fingerprint density at radius 3 is 3.08 bits per heavy atom. The third-order valence-electron chi connectivity index (χ3n) is 4.56. The van der Waals surface area contributed by atoms with E-state index >= 15 is 0 Å². The van der Waals surface area contributed by atoms with Gasteiger partial charge in [0.05, 0.1) is 13.0 Å². The minimum absolute atomic E-state index is 0.0382. The highest BCUT2D eigenvalue weighted by molar-refractivity contribution is 5.96. The summed E-state index contributed by atoms with van der Waals surface area (Å²) in [4.78, 5) is 20.2. The summed E-state index contributed by atoms with van der Waals surface area (Å²) >= 11 is 0. The fraction of sp³-hybridized carbons (Fsp3) is 0.333. The van der Waals surface area contributed by atoms with Crippen LogP contribution >= 0.6 is 0 Å². The number of aryl methyl sites for hydroxylation is 1. The molecule has 0 bridgehead atoms. The molecule has 0 saturated heterocycles. The lowest BCUT2D eigenvalue weighted by atomic mass is 9.82. The molecule has 0 radical (unpaired) electrons. The number of aromatic nitrogens is 2. The van der Waals surface area contributed by atoms with Crippen LogP contribution in [0.4, 0.5) is 0 Å². The zero-order valence-electron chi connectivity index (χ0n) is 13.3. The molecule has 2 unspecified atom stereocenters. The van der Waals surface area contributed by atoms with Crippen LogP contribution in [0.1, 0.15) is 47.5 Å². The first-order chi connectivity index (χ1) is 11.8. The molecule has 2 aliphatic rings. The van der Waals surface area contributed by atoms with E-state index in [-0.39, 0.29) is 11.8 Å². The number of fused-ring (bicyclic) bond motifs is 1. The van der Waals surface area contributed by atoms with Crippen LogP contribution in [-0.2, 0) is 11.2 Å². The molecule has 0 saturated carbocycles. The Morgan fingerprint density at radius 2 is 2.25 bits per heavy atom. The van der Waals surface area contributed by atoms with Crippen molar-refractivity contribution in [1.82, 2.24) is 10.1 Å². The van der Waals surface area contributed by atoms with E-state index in [0.717, 1.165) is 25.0 Å². The second-order valence-corrected chi connectivity index (χ2v) is 5.98. The molecule has 1 aliphatic heterocycles. The fourth-order valence-corrected chi connectivity index (χ4v) is 3.31. The monoisotopic (exact) mass is 323 g/mol. The molecule has 1 amide bonds. The molecular weight excluding hydrogens is 306 g/mol. The highest BCUT2D eigenvalue weighted by Crippen LogP contribution is 2.38. The number of carbonyl (C=O) groups is 1. The van der Waals surface area contributed by atoms with E-state index in [1.807, 2.05) is 12.1 Å². The Balaban J connectivity index is 1.68. The van der Waals surface area contributed by atoms with Crippen molar-refractivity contribution < 1.29 is 14.1 Å². The molecule has 24 heavy (non-hydrogen) atoms. The third kappa shape index (κ3) is 2.54. The smallest absolute Gasteiger partial charge is 0.260 e. The van der Waals surface area contributed by atoms with Gasteiger partial charge in [-0.1, -0.05) is 17.3 Å². The van der Waals surface area contributed by atoms with E-state index in [1.54, 1.807) is 19.3 Å². The van der Waals surface area contributed by atoms with Crippen LogP contribution in [-0.4, -0.2) is 29.4 Å². The van der Waals surface area contributed by atoms with Gasteiger partial charge in [-0.25, -0.2) is 4.99 Å². The number of nitrogens with zero attached hydrogens (tertiary/aromatic N) is 3. The molecule has 0 N–H and O–H groups in total. The molecule has 2 atom stereocenters. The first-order valence-electron chi connectivity index (χ1n) is 8.01. The average molecular weight is 323 g/mol. The second kappa shape index (κ2) is 6.03. The Hall–Kier alpha value is -2.76. The van der Waals surface area contributed by atoms with Gasteiger partial charge in [0.15, 0.2) is 5.82 Å². The Morgan fingerprint density at radius 1 is 1.33 bits per heavy atom. The van der Waals surface area contributed by atoms with Gasteiger partial charge in [-0.3, -0.25) is 4.79 Å². The lowest BCUT2D eigenvalue weighted by Gasteiger charge is -2.23. The standard InChI is InChI=1S/C18H17N3O3/c1-23-12-8-7-11-4-2-5-13(15(11)10-12)18-20-16(21-24-18)14-6-3-9-19-17(14)22/h3,6-10,13-14H,2,4-5H2,1H3. The van der Waals surface area contributed by atoms with Gasteiger partial charge in [0.25, 0.3) is 5.91 Å². The maximum absolute atomic E-state index is 11.9. The summed E-state index contributed by atoms with van der Waals surface area (Å²) in [5, 5.41) is 4.02. The topological polar surface area (TPSA) is 77.6 Å². The van der Waals surface area contributed by atoms with Crippen molar-refractivity contribution >= 4 is 12.1 Å². The molecule has 4 rings (SSSR count). The predicted molar refractivity (Wildman–Crippen MR) is 87.5 cm³/mol. The number of allylic oxidation sites excluding steroid dienone is 1. The van der Waals surface area contributed by atoms with Gasteiger partial charge in [-0.05, 0) is 48.6 Å². The Kier molecular flexibility index (Phi) is 3.72. The van der Waals surface area contributed by atoms with E-state index in [9.17, 15) is 4.79 Å². The molecule has 122 valence electrons. The number of methoxy groups -OCH3 is 1. The summed E-state index contributed by atoms with van der Waals surface area (Å²) in [5.41, 5.74) is 2.45. The summed E-state index contributed by atoms with van der Waals surface area (Å²) in [5.74, 6) is 0.959. The molecule has 6 nitrogen and oxygen atoms in total. The van der Waals surface area contributed by atoms with Crippen molar-refractivity contribution in [3.63, 3.8) is 0 Å². The van der Waals surface area contributed by atoms with Gasteiger partial charge < -0.3 is 9.26 Å². The number of carbonyl (C=O) groups excluding carboxylic acids is 1. The van der Waals surface area contributed by atoms with Crippen molar-refractivity contribution in [3.05, 3.63) is 53.2 Å². The molecule has 1 aliphatic carbocycles. The summed E-state index contributed by atoms with van der Waals surface area (Å²) in [6, 6.07) is 6.11. The Bertz CT molecular complexity index is 838. The number of dihydropyridines is 1. The van der Waals surface area contributed by atoms with Crippen LogP contribution < -0.4 is 4.74 Å². The van der Waals surface area contributed by atoms with E-state index < -0.39 is 5.92 Å². The number of amides is 1. The minimum Gasteiger partial charge on any atom is -0.497 e. The number of hydrogen-bond donors (Lipinski definition) is 0. The van der Waals surface area contributed by atoms with Crippen molar-refractivity contribution in [1.29, 1.82) is 0 Å². The van der Waals surface area contributed by atoms with Gasteiger partial charge in [-0.15, -0.1) is 0 Å². The zero-order valence-corrected chi connectivity index (χ0v) is 13.3. The van der Waals surface area contributed by atoms with Crippen LogP contribution in [0.5, 0.6) is 5.75 Å². The van der Waals surface area contributed by atoms with Gasteiger partial charge >= 0.3 is 0 Å². The molecule has 2 heterocycles. The zero-order chi connectivity index (χ0) is 16.5. The molecule has 6 heteroatoms. The van der Waals surface area contributed by atoms with Crippen LogP contribution in [0.15, 0.2) is 39.9 Å². The van der Waals surface area contributed by atoms with E-state index in [0.29, 0.717) is 11.7 Å². The lowest BCUT2D eigenvalue weighted by molar-refractivity contribution is -0.118. The van der Waals surface area contributed by atoms with Crippen molar-refractivity contribution in [3.8, 4) is 5.75 Å². The first-order valence-corrected chi connectivity index (χ1v) is 8.01. The summed E-state index contributed by atoms with van der Waals surface area (Å²) < 4.78 is 10.8. The third-order valence-corrected chi connectivity index (χ3v) is 4.56. The molecule has 0 spiro atoms. The van der Waals surface area contributed by atoms with Gasteiger partial charge in [-0.2, -0.15) is 4.98 Å². The highest BCUT2D eigenvalue weighted by Gasteiger charge is 2.30. The Labute approximate surface area is 139 Å². The molecule has 2 aromatic rings. The van der Waals surface area contributed by atoms with Crippen molar-refractivity contribution in [2.45, 2.75) is 31.1 Å². The predicted octanol–water partition coefficient (Wildman–Crippen LogP) is 2.80. The van der Waals surface area contributed by atoms with Crippen LogP contribution in [0.25, 0.3) is 0 Å². The van der Waals surface area contributed by atoms with E-state index in [2.05, 4.69) is 21.2 Å². The second-order valence-electron chi connectivity index (χ2n) is 5.98. The van der Waals surface area contributed by atoms with E-state index in [4.69, 9.17) is 9.26 Å². The minimum atomic E-state index is -0.555. The van der Waals surface area contributed by atoms with Crippen molar-refractivity contribution in [2.24, 2.45) is 4.99 Å². The number of rotatable bonds is 3. The fourth-order valence-electron chi connectivity index (χ4n) is 3.31. The highest BCUT2D eigenvalue weighted by atomic mass is 16.5. The van der Waals surface area contributed by atoms with Gasteiger partial charge in [0, 0.05) is 6.21 Å². The first kappa shape index (κ1) is 14.8. The normalized spacial score (nSPS) is 22.5. The largest absolute Gasteiger partial charge is 0.497 e. The summed E-state index contributed by atoms with van der Waals surface area (Å²) in [6.07, 6.45) is 7.98. The molecular formula is C18H17N3O3. The van der Waals surface area contributed by atoms with Crippen LogP contribution in [0.3, 0.4) is 0 Å². The number of ether oxygens (including phenoxy) is 1.